The van der Waals surface area contributed by atoms with Crippen LogP contribution in [-0.4, -0.2) is 27.8 Å². The summed E-state index contributed by atoms with van der Waals surface area (Å²) in [6, 6.07) is 0. The van der Waals surface area contributed by atoms with Crippen molar-refractivity contribution in [3.05, 3.63) is 11.8 Å². The van der Waals surface area contributed by atoms with Crippen LogP contribution >= 0.6 is 0 Å². The lowest BCUT2D eigenvalue weighted by Crippen LogP contribution is -2.24. The fourth-order valence-corrected chi connectivity index (χ4v) is 0.450. The first-order valence-corrected chi connectivity index (χ1v) is 4.32. The molecule has 0 aliphatic carbocycles. The fraction of sp³-hybridized carbons (Fsp3) is 0.556. The third-order valence-corrected chi connectivity index (χ3v) is 1.67. The average molecular weight is 218 g/mol. The van der Waals surface area contributed by atoms with Gasteiger partial charge in [-0.2, -0.15) is 4.89 Å². The van der Waals surface area contributed by atoms with Crippen molar-refractivity contribution in [1.82, 2.24) is 0 Å². The van der Waals surface area contributed by atoms with Crippen LogP contribution in [0.5, 0.6) is 0 Å². The summed E-state index contributed by atoms with van der Waals surface area (Å²) in [5.41, 5.74) is -0.674. The van der Waals surface area contributed by atoms with Crippen LogP contribution in [0.1, 0.15) is 27.2 Å². The molecule has 0 amide bonds. The minimum Gasteiger partial charge on any atom is -0.478 e. The molecular weight excluding hydrogens is 204 g/mol. The normalized spacial score (nSPS) is 12.3. The smallest absolute Gasteiger partial charge is 0.375 e. The van der Waals surface area contributed by atoms with Gasteiger partial charge < -0.3 is 15.1 Å². The molecule has 0 aromatic heterocycles. The van der Waals surface area contributed by atoms with E-state index in [1.54, 1.807) is 13.8 Å². The number of hydrogen-bond acceptors (Lipinski definition) is 4. The van der Waals surface area contributed by atoms with E-state index >= 15 is 0 Å². The predicted octanol–water partition coefficient (Wildman–Crippen LogP) is 1.18. The van der Waals surface area contributed by atoms with Gasteiger partial charge in [0.05, 0.1) is 6.08 Å². The Kier molecular flexibility index (Phi) is 4.80. The van der Waals surface area contributed by atoms with E-state index < -0.39 is 23.3 Å². The van der Waals surface area contributed by atoms with Gasteiger partial charge >= 0.3 is 11.9 Å². The Morgan fingerprint density at radius 2 is 1.87 bits per heavy atom. The summed E-state index contributed by atoms with van der Waals surface area (Å²) in [6.07, 6.45) is 1.01. The first-order chi connectivity index (χ1) is 6.78. The molecule has 0 spiro atoms. The van der Waals surface area contributed by atoms with Crippen LogP contribution in [0.25, 0.3) is 0 Å². The zero-order valence-corrected chi connectivity index (χ0v) is 8.81. The topological polar surface area (TPSA) is 93.1 Å². The third kappa shape index (κ3) is 5.69. The zero-order chi connectivity index (χ0) is 12.1. The van der Waals surface area contributed by atoms with E-state index in [0.717, 1.165) is 0 Å². The summed E-state index contributed by atoms with van der Waals surface area (Å²) in [6.45, 7) is 5.20. The van der Waals surface area contributed by atoms with Crippen LogP contribution in [0.3, 0.4) is 0 Å². The number of carboxylic acid groups (broad SMARTS) is 2. The Balaban J connectivity index is 4.46. The van der Waals surface area contributed by atoms with Crippen LogP contribution in [-0.2, 0) is 19.4 Å². The second-order valence-corrected chi connectivity index (χ2v) is 3.43. The van der Waals surface area contributed by atoms with Crippen molar-refractivity contribution in [1.29, 1.82) is 0 Å². The summed E-state index contributed by atoms with van der Waals surface area (Å²) in [4.78, 5) is 30.0. The second-order valence-electron chi connectivity index (χ2n) is 3.43. The minimum atomic E-state index is -1.50. The highest BCUT2D eigenvalue weighted by atomic mass is 17.2. The molecule has 0 saturated heterocycles. The maximum atomic E-state index is 10.5. The quantitative estimate of drug-likeness (QED) is 0.301. The van der Waals surface area contributed by atoms with Gasteiger partial charge in [-0.1, -0.05) is 6.92 Å². The van der Waals surface area contributed by atoms with Crippen molar-refractivity contribution in [2.24, 2.45) is 0 Å². The fourth-order valence-electron chi connectivity index (χ4n) is 0.450. The van der Waals surface area contributed by atoms with Crippen LogP contribution < -0.4 is 0 Å². The summed E-state index contributed by atoms with van der Waals surface area (Å²) in [5.74, 6) is -3.67. The van der Waals surface area contributed by atoms with Crippen LogP contribution in [0.15, 0.2) is 11.8 Å². The van der Waals surface area contributed by atoms with Crippen molar-refractivity contribution >= 4 is 11.9 Å². The lowest BCUT2D eigenvalue weighted by atomic mass is 10.1. The van der Waals surface area contributed by atoms with Gasteiger partial charge in [-0.25, -0.2) is 9.59 Å². The SMILES string of the molecule is CCC(C)(C)OO/C(=C/C(=O)O)C(=O)O. The summed E-state index contributed by atoms with van der Waals surface area (Å²) < 4.78 is 0. The average Bonchev–Trinajstić information content (AvgIpc) is 2.11. The molecule has 0 atom stereocenters. The van der Waals surface area contributed by atoms with E-state index in [-0.39, 0.29) is 0 Å². The second kappa shape index (κ2) is 5.35. The standard InChI is InChI=1S/C9H14O6/c1-4-9(2,3)15-14-6(8(12)13)5-7(10)11/h5H,4H2,1-3H3,(H,10,11)(H,12,13)/b6-5+. The molecule has 0 radical (unpaired) electrons. The van der Waals surface area contributed by atoms with Gasteiger partial charge in [0.1, 0.15) is 5.60 Å². The molecular formula is C9H14O6. The molecule has 15 heavy (non-hydrogen) atoms. The lowest BCUT2D eigenvalue weighted by Gasteiger charge is -2.21. The molecule has 6 heteroatoms. The summed E-state index contributed by atoms with van der Waals surface area (Å²) >= 11 is 0. The van der Waals surface area contributed by atoms with Gasteiger partial charge in [-0.05, 0) is 20.3 Å². The van der Waals surface area contributed by atoms with Crippen LogP contribution in [0.4, 0.5) is 0 Å². The van der Waals surface area contributed by atoms with E-state index in [2.05, 4.69) is 4.89 Å². The van der Waals surface area contributed by atoms with Gasteiger partial charge in [0.25, 0.3) is 5.76 Å². The number of carbonyl (C=O) groups is 2. The van der Waals surface area contributed by atoms with Gasteiger partial charge in [0, 0.05) is 0 Å². The predicted molar refractivity (Wildman–Crippen MR) is 49.9 cm³/mol. The number of hydrogen-bond donors (Lipinski definition) is 2. The van der Waals surface area contributed by atoms with Crippen LogP contribution in [0, 0.1) is 0 Å². The van der Waals surface area contributed by atoms with Crippen molar-refractivity contribution in [3.8, 4) is 0 Å². The lowest BCUT2D eigenvalue weighted by molar-refractivity contribution is -0.326. The molecule has 0 aromatic carbocycles. The molecule has 86 valence electrons. The van der Waals surface area contributed by atoms with Gasteiger partial charge in [0.15, 0.2) is 0 Å². The maximum absolute atomic E-state index is 10.5. The highest BCUT2D eigenvalue weighted by Gasteiger charge is 2.21. The van der Waals surface area contributed by atoms with Crippen molar-refractivity contribution in [2.75, 3.05) is 0 Å². The number of carboxylic acids is 2. The number of rotatable bonds is 6. The monoisotopic (exact) mass is 218 g/mol. The molecule has 0 saturated carbocycles. The Bertz CT molecular complexity index is 278. The van der Waals surface area contributed by atoms with Crippen LogP contribution in [0.2, 0.25) is 0 Å². The molecule has 6 nitrogen and oxygen atoms in total. The highest BCUT2D eigenvalue weighted by molar-refractivity contribution is 5.92. The molecule has 0 rings (SSSR count). The first-order valence-electron chi connectivity index (χ1n) is 4.32. The van der Waals surface area contributed by atoms with Crippen molar-refractivity contribution < 1.29 is 29.6 Å². The van der Waals surface area contributed by atoms with Gasteiger partial charge in [-0.15, -0.1) is 0 Å². The Morgan fingerprint density at radius 3 is 2.20 bits per heavy atom. The van der Waals surface area contributed by atoms with E-state index in [1.165, 1.54) is 0 Å². The first kappa shape index (κ1) is 13.4. The van der Waals surface area contributed by atoms with Gasteiger partial charge in [-0.3, -0.25) is 0 Å². The van der Waals surface area contributed by atoms with E-state index in [1.807, 2.05) is 6.92 Å². The molecule has 2 N–H and O–H groups in total. The molecule has 0 aliphatic rings. The molecule has 0 heterocycles. The highest BCUT2D eigenvalue weighted by Crippen LogP contribution is 2.16. The van der Waals surface area contributed by atoms with Crippen molar-refractivity contribution in [3.63, 3.8) is 0 Å². The van der Waals surface area contributed by atoms with Gasteiger partial charge in [0.2, 0.25) is 0 Å². The molecule has 0 aliphatic heterocycles. The zero-order valence-electron chi connectivity index (χ0n) is 8.81. The van der Waals surface area contributed by atoms with E-state index in [4.69, 9.17) is 15.1 Å². The Labute approximate surface area is 87.0 Å². The maximum Gasteiger partial charge on any atom is 0.375 e. The van der Waals surface area contributed by atoms with E-state index in [9.17, 15) is 9.59 Å². The number of aliphatic carboxylic acids is 2. The Morgan fingerprint density at radius 1 is 1.33 bits per heavy atom. The minimum absolute atomic E-state index is 0.425. The molecule has 0 aromatic rings. The molecule has 0 bridgehead atoms. The summed E-state index contributed by atoms with van der Waals surface area (Å²) in [7, 11) is 0. The summed E-state index contributed by atoms with van der Waals surface area (Å²) in [5, 5.41) is 16.9. The van der Waals surface area contributed by atoms with Crippen molar-refractivity contribution in [2.45, 2.75) is 32.8 Å². The Hall–Kier alpha value is -1.56. The third-order valence-electron chi connectivity index (χ3n) is 1.67. The molecule has 0 fully saturated rings. The van der Waals surface area contributed by atoms with E-state index in [0.29, 0.717) is 12.5 Å². The molecule has 0 unspecified atom stereocenters. The largest absolute Gasteiger partial charge is 0.478 e.